The lowest BCUT2D eigenvalue weighted by Crippen LogP contribution is -2.49. The summed E-state index contributed by atoms with van der Waals surface area (Å²) in [6.07, 6.45) is 0. The highest BCUT2D eigenvalue weighted by Crippen LogP contribution is 2.25. The van der Waals surface area contributed by atoms with E-state index in [0.717, 1.165) is 32.7 Å². The third-order valence-electron chi connectivity index (χ3n) is 5.04. The van der Waals surface area contributed by atoms with Crippen LogP contribution in [0, 0.1) is 13.8 Å². The average molecular weight is 368 g/mol. The number of ether oxygens (including phenoxy) is 2. The molecule has 0 bridgehead atoms. The molecule has 0 spiro atoms. The largest absolute Gasteiger partial charge is 0.493 e. The molecule has 27 heavy (non-hydrogen) atoms. The van der Waals surface area contributed by atoms with Gasteiger partial charge in [0.1, 0.15) is 0 Å². The van der Waals surface area contributed by atoms with Crippen LogP contribution in [0.25, 0.3) is 0 Å². The van der Waals surface area contributed by atoms with Crippen molar-refractivity contribution in [3.63, 3.8) is 0 Å². The van der Waals surface area contributed by atoms with Gasteiger partial charge < -0.3 is 14.4 Å². The molecule has 1 saturated heterocycles. The summed E-state index contributed by atoms with van der Waals surface area (Å²) in [4.78, 5) is 16.8. The van der Waals surface area contributed by atoms with E-state index in [9.17, 15) is 4.79 Å². The van der Waals surface area contributed by atoms with E-state index < -0.39 is 0 Å². The zero-order valence-electron chi connectivity index (χ0n) is 16.4. The van der Waals surface area contributed by atoms with Gasteiger partial charge in [-0.1, -0.05) is 35.9 Å². The predicted octanol–water partition coefficient (Wildman–Crippen LogP) is 3.04. The van der Waals surface area contributed by atoms with E-state index in [1.165, 1.54) is 16.7 Å². The minimum absolute atomic E-state index is 0.0206. The molecule has 1 fully saturated rings. The Morgan fingerprint density at radius 3 is 2.41 bits per heavy atom. The van der Waals surface area contributed by atoms with Crippen LogP contribution in [0.4, 0.5) is 0 Å². The average Bonchev–Trinajstić information content (AvgIpc) is 2.69. The molecule has 2 aromatic rings. The van der Waals surface area contributed by atoms with Crippen molar-refractivity contribution in [2.75, 3.05) is 39.9 Å². The van der Waals surface area contributed by atoms with Crippen molar-refractivity contribution in [1.29, 1.82) is 0 Å². The number of para-hydroxylation sites is 2. The monoisotopic (exact) mass is 368 g/mol. The second kappa shape index (κ2) is 8.91. The molecule has 0 unspecified atom stereocenters. The van der Waals surface area contributed by atoms with Crippen molar-refractivity contribution in [2.45, 2.75) is 20.4 Å². The van der Waals surface area contributed by atoms with Crippen molar-refractivity contribution in [3.05, 3.63) is 59.2 Å². The fraction of sp³-hybridized carbons (Fsp3) is 0.409. The van der Waals surface area contributed by atoms with Crippen LogP contribution in [-0.4, -0.2) is 55.6 Å². The molecule has 5 nitrogen and oxygen atoms in total. The Hall–Kier alpha value is -2.53. The maximum Gasteiger partial charge on any atom is 0.260 e. The van der Waals surface area contributed by atoms with Crippen LogP contribution in [0.1, 0.15) is 16.7 Å². The van der Waals surface area contributed by atoms with Crippen molar-refractivity contribution in [3.8, 4) is 11.5 Å². The molecule has 0 saturated carbocycles. The highest BCUT2D eigenvalue weighted by atomic mass is 16.5. The molecule has 5 heteroatoms. The lowest BCUT2D eigenvalue weighted by molar-refractivity contribution is -0.135. The summed E-state index contributed by atoms with van der Waals surface area (Å²) in [6.45, 7) is 8.50. The summed E-state index contributed by atoms with van der Waals surface area (Å²) < 4.78 is 10.9. The number of aryl methyl sites for hydroxylation is 2. The molecule has 0 radical (unpaired) electrons. The molecule has 3 rings (SSSR count). The van der Waals surface area contributed by atoms with Crippen LogP contribution < -0.4 is 9.47 Å². The third kappa shape index (κ3) is 5.01. The van der Waals surface area contributed by atoms with Crippen molar-refractivity contribution in [1.82, 2.24) is 9.80 Å². The number of nitrogens with zero attached hydrogens (tertiary/aromatic N) is 2. The van der Waals surface area contributed by atoms with Crippen molar-refractivity contribution >= 4 is 5.91 Å². The molecule has 2 aromatic carbocycles. The smallest absolute Gasteiger partial charge is 0.260 e. The van der Waals surface area contributed by atoms with E-state index >= 15 is 0 Å². The summed E-state index contributed by atoms with van der Waals surface area (Å²) in [6, 6.07) is 14.0. The van der Waals surface area contributed by atoms with E-state index in [1.54, 1.807) is 7.11 Å². The Morgan fingerprint density at radius 2 is 1.70 bits per heavy atom. The van der Waals surface area contributed by atoms with Gasteiger partial charge in [-0.15, -0.1) is 0 Å². The van der Waals surface area contributed by atoms with E-state index in [2.05, 4.69) is 36.9 Å². The number of amides is 1. The number of rotatable bonds is 6. The van der Waals surface area contributed by atoms with Crippen LogP contribution >= 0.6 is 0 Å². The lowest BCUT2D eigenvalue weighted by Gasteiger charge is -2.35. The summed E-state index contributed by atoms with van der Waals surface area (Å²) in [7, 11) is 1.60. The third-order valence-corrected chi connectivity index (χ3v) is 5.04. The van der Waals surface area contributed by atoms with E-state index in [1.807, 2.05) is 29.2 Å². The SMILES string of the molecule is COc1ccccc1OCC(=O)N1CCN(Cc2cc(C)ccc2C)CC1. The molecule has 0 atom stereocenters. The highest BCUT2D eigenvalue weighted by Gasteiger charge is 2.22. The Balaban J connectivity index is 1.48. The fourth-order valence-corrected chi connectivity index (χ4v) is 3.34. The molecular formula is C22H28N2O3. The van der Waals surface area contributed by atoms with Crippen LogP contribution in [0.15, 0.2) is 42.5 Å². The van der Waals surface area contributed by atoms with Gasteiger partial charge in [-0.25, -0.2) is 0 Å². The van der Waals surface area contributed by atoms with Gasteiger partial charge in [0.2, 0.25) is 0 Å². The summed E-state index contributed by atoms with van der Waals surface area (Å²) in [5.41, 5.74) is 3.98. The van der Waals surface area contributed by atoms with Gasteiger partial charge in [0.15, 0.2) is 18.1 Å². The van der Waals surface area contributed by atoms with Crippen LogP contribution in [0.3, 0.4) is 0 Å². The zero-order chi connectivity index (χ0) is 19.2. The van der Waals surface area contributed by atoms with Crippen LogP contribution in [-0.2, 0) is 11.3 Å². The molecule has 0 aromatic heterocycles. The topological polar surface area (TPSA) is 42.0 Å². The first-order chi connectivity index (χ1) is 13.1. The lowest BCUT2D eigenvalue weighted by atomic mass is 10.0. The van der Waals surface area contributed by atoms with E-state index in [4.69, 9.17) is 9.47 Å². The van der Waals surface area contributed by atoms with Gasteiger partial charge in [0, 0.05) is 32.7 Å². The van der Waals surface area contributed by atoms with Gasteiger partial charge in [-0.05, 0) is 37.1 Å². The van der Waals surface area contributed by atoms with Crippen molar-refractivity contribution in [2.24, 2.45) is 0 Å². The minimum Gasteiger partial charge on any atom is -0.493 e. The molecule has 0 N–H and O–H groups in total. The summed E-state index contributed by atoms with van der Waals surface area (Å²) in [5, 5.41) is 0. The maximum atomic E-state index is 12.5. The molecule has 144 valence electrons. The number of piperazine rings is 1. The van der Waals surface area contributed by atoms with Crippen LogP contribution in [0.5, 0.6) is 11.5 Å². The number of benzene rings is 2. The standard InChI is InChI=1S/C22H28N2O3/c1-17-8-9-18(2)19(14-17)15-23-10-12-24(13-11-23)22(25)16-27-21-7-5-4-6-20(21)26-3/h4-9,14H,10-13,15-16H2,1-3H3. The van der Waals surface area contributed by atoms with Gasteiger partial charge in [0.25, 0.3) is 5.91 Å². The minimum atomic E-state index is 0.0206. The second-order valence-electron chi connectivity index (χ2n) is 7.03. The zero-order valence-corrected chi connectivity index (χ0v) is 16.4. The molecule has 1 aliphatic rings. The quantitative estimate of drug-likeness (QED) is 0.786. The highest BCUT2D eigenvalue weighted by molar-refractivity contribution is 5.78. The molecular weight excluding hydrogens is 340 g/mol. The summed E-state index contributed by atoms with van der Waals surface area (Å²) in [5.74, 6) is 1.26. The van der Waals surface area contributed by atoms with Gasteiger partial charge in [-0.3, -0.25) is 9.69 Å². The first kappa shape index (κ1) is 19.2. The number of methoxy groups -OCH3 is 1. The first-order valence-electron chi connectivity index (χ1n) is 9.39. The number of carbonyl (C=O) groups is 1. The van der Waals surface area contributed by atoms with Gasteiger partial charge >= 0.3 is 0 Å². The number of hydrogen-bond donors (Lipinski definition) is 0. The number of carbonyl (C=O) groups excluding carboxylic acids is 1. The maximum absolute atomic E-state index is 12.5. The fourth-order valence-electron chi connectivity index (χ4n) is 3.34. The summed E-state index contributed by atoms with van der Waals surface area (Å²) >= 11 is 0. The second-order valence-corrected chi connectivity index (χ2v) is 7.03. The molecule has 1 aliphatic heterocycles. The van der Waals surface area contributed by atoms with Gasteiger partial charge in [0.05, 0.1) is 7.11 Å². The Kier molecular flexibility index (Phi) is 6.35. The molecule has 0 aliphatic carbocycles. The normalized spacial score (nSPS) is 14.9. The first-order valence-corrected chi connectivity index (χ1v) is 9.39. The van der Waals surface area contributed by atoms with Crippen LogP contribution in [0.2, 0.25) is 0 Å². The van der Waals surface area contributed by atoms with E-state index in [0.29, 0.717) is 11.5 Å². The van der Waals surface area contributed by atoms with Gasteiger partial charge in [-0.2, -0.15) is 0 Å². The Bertz CT molecular complexity index is 783. The Labute approximate surface area is 161 Å². The Morgan fingerprint density at radius 1 is 1.00 bits per heavy atom. The van der Waals surface area contributed by atoms with Crippen molar-refractivity contribution < 1.29 is 14.3 Å². The molecule has 1 amide bonds. The van der Waals surface area contributed by atoms with E-state index in [-0.39, 0.29) is 12.5 Å². The predicted molar refractivity (Wildman–Crippen MR) is 106 cm³/mol. The number of hydrogen-bond acceptors (Lipinski definition) is 4. The molecule has 1 heterocycles.